The van der Waals surface area contributed by atoms with Crippen molar-refractivity contribution in [2.75, 3.05) is 26.7 Å². The van der Waals surface area contributed by atoms with Crippen LogP contribution in [0.1, 0.15) is 31.2 Å². The molecule has 4 nitrogen and oxygen atoms in total. The Balaban J connectivity index is 1.67. The molecule has 2 atom stereocenters. The van der Waals surface area contributed by atoms with Crippen LogP contribution in [0.25, 0.3) is 0 Å². The highest BCUT2D eigenvalue weighted by Crippen LogP contribution is 2.22. The lowest BCUT2D eigenvalue weighted by atomic mass is 9.99. The fourth-order valence-electron chi connectivity index (χ4n) is 3.67. The molecule has 2 saturated heterocycles. The predicted molar refractivity (Wildman–Crippen MR) is 88.5 cm³/mol. The van der Waals surface area contributed by atoms with Gasteiger partial charge in [-0.15, -0.1) is 0 Å². The quantitative estimate of drug-likeness (QED) is 0.922. The monoisotopic (exact) mass is 319 g/mol. The van der Waals surface area contributed by atoms with Crippen LogP contribution in [-0.2, 0) is 11.3 Å². The van der Waals surface area contributed by atoms with Crippen molar-refractivity contribution in [3.63, 3.8) is 0 Å². The second-order valence-corrected chi connectivity index (χ2v) is 6.70. The van der Waals surface area contributed by atoms with Gasteiger partial charge in [0.05, 0.1) is 6.04 Å². The molecule has 1 aromatic rings. The number of amides is 1. The third-order valence-corrected chi connectivity index (χ3v) is 5.13. The number of nitrogens with zero attached hydrogens (tertiary/aromatic N) is 2. The summed E-state index contributed by atoms with van der Waals surface area (Å²) in [5, 5.41) is 3.32. The SMILES string of the molecule is CN(C(=O)C1CCCCN1Cc1ccc(F)cc1)C1CCNC1. The first-order valence-electron chi connectivity index (χ1n) is 8.61. The number of benzene rings is 1. The molecule has 0 aliphatic carbocycles. The largest absolute Gasteiger partial charge is 0.340 e. The van der Waals surface area contributed by atoms with Crippen molar-refractivity contribution in [1.82, 2.24) is 15.1 Å². The normalized spacial score (nSPS) is 25.5. The Labute approximate surface area is 137 Å². The Hall–Kier alpha value is -1.46. The second-order valence-electron chi connectivity index (χ2n) is 6.70. The van der Waals surface area contributed by atoms with Gasteiger partial charge in [0.2, 0.25) is 5.91 Å². The molecule has 0 bridgehead atoms. The van der Waals surface area contributed by atoms with Gasteiger partial charge in [-0.1, -0.05) is 18.6 Å². The van der Waals surface area contributed by atoms with Crippen molar-refractivity contribution in [3.8, 4) is 0 Å². The summed E-state index contributed by atoms with van der Waals surface area (Å²) in [4.78, 5) is 17.1. The molecule has 2 aliphatic heterocycles. The standard InChI is InChI=1S/C18H26FN3O/c1-21(16-9-10-20-12-16)18(23)17-4-2-3-11-22(17)13-14-5-7-15(19)8-6-14/h5-8,16-17,20H,2-4,9-13H2,1H3. The summed E-state index contributed by atoms with van der Waals surface area (Å²) >= 11 is 0. The molecule has 3 rings (SSSR count). The average molecular weight is 319 g/mol. The van der Waals surface area contributed by atoms with Crippen molar-refractivity contribution >= 4 is 5.91 Å². The van der Waals surface area contributed by atoms with Crippen LogP contribution in [0.3, 0.4) is 0 Å². The first kappa shape index (κ1) is 16.4. The minimum absolute atomic E-state index is 0.0422. The van der Waals surface area contributed by atoms with Gasteiger partial charge < -0.3 is 10.2 Å². The first-order valence-corrected chi connectivity index (χ1v) is 8.61. The Morgan fingerprint density at radius 3 is 2.78 bits per heavy atom. The number of halogens is 1. The molecule has 0 spiro atoms. The average Bonchev–Trinajstić information content (AvgIpc) is 3.11. The van der Waals surface area contributed by atoms with Crippen LogP contribution in [0.15, 0.2) is 24.3 Å². The van der Waals surface area contributed by atoms with Crippen LogP contribution < -0.4 is 5.32 Å². The predicted octanol–water partition coefficient (Wildman–Crippen LogP) is 2.00. The minimum atomic E-state index is -0.214. The molecule has 2 fully saturated rings. The van der Waals surface area contributed by atoms with Crippen LogP contribution in [0.4, 0.5) is 4.39 Å². The van der Waals surface area contributed by atoms with Gasteiger partial charge in [0, 0.05) is 26.2 Å². The first-order chi connectivity index (χ1) is 11.1. The number of rotatable bonds is 4. The lowest BCUT2D eigenvalue weighted by Gasteiger charge is -2.38. The maximum absolute atomic E-state index is 13.1. The number of nitrogens with one attached hydrogen (secondary N) is 1. The van der Waals surface area contributed by atoms with E-state index in [1.54, 1.807) is 0 Å². The molecule has 0 saturated carbocycles. The van der Waals surface area contributed by atoms with Crippen LogP contribution >= 0.6 is 0 Å². The second kappa shape index (κ2) is 7.41. The van der Waals surface area contributed by atoms with Crippen molar-refractivity contribution in [2.45, 2.75) is 44.3 Å². The highest BCUT2D eigenvalue weighted by molar-refractivity contribution is 5.82. The number of likely N-dealkylation sites (tertiary alicyclic amines) is 1. The van der Waals surface area contributed by atoms with Gasteiger partial charge in [0.1, 0.15) is 5.82 Å². The van der Waals surface area contributed by atoms with E-state index < -0.39 is 0 Å². The fourth-order valence-corrected chi connectivity index (χ4v) is 3.67. The van der Waals surface area contributed by atoms with Gasteiger partial charge in [0.15, 0.2) is 0 Å². The summed E-state index contributed by atoms with van der Waals surface area (Å²) in [5.41, 5.74) is 1.07. The third kappa shape index (κ3) is 3.90. The summed E-state index contributed by atoms with van der Waals surface area (Å²) in [6.45, 7) is 3.54. The van der Waals surface area contributed by atoms with E-state index in [9.17, 15) is 9.18 Å². The van der Waals surface area contributed by atoms with E-state index in [-0.39, 0.29) is 17.8 Å². The Morgan fingerprint density at radius 1 is 1.30 bits per heavy atom. The topological polar surface area (TPSA) is 35.6 Å². The number of piperidine rings is 1. The van der Waals surface area contributed by atoms with Crippen molar-refractivity contribution < 1.29 is 9.18 Å². The molecule has 2 heterocycles. The van der Waals surface area contributed by atoms with Gasteiger partial charge in [-0.05, 0) is 50.0 Å². The summed E-state index contributed by atoms with van der Waals surface area (Å²) in [5.74, 6) is 0.0222. The maximum atomic E-state index is 13.1. The van der Waals surface area contributed by atoms with Gasteiger partial charge >= 0.3 is 0 Å². The van der Waals surface area contributed by atoms with Crippen molar-refractivity contribution in [3.05, 3.63) is 35.6 Å². The van der Waals surface area contributed by atoms with E-state index >= 15 is 0 Å². The molecule has 1 amide bonds. The van der Waals surface area contributed by atoms with E-state index in [0.29, 0.717) is 12.6 Å². The molecule has 23 heavy (non-hydrogen) atoms. The summed E-state index contributed by atoms with van der Waals surface area (Å²) in [6.07, 6.45) is 4.18. The molecule has 0 aromatic heterocycles. The number of likely N-dealkylation sites (N-methyl/N-ethyl adjacent to an activating group) is 1. The molecule has 2 unspecified atom stereocenters. The van der Waals surface area contributed by atoms with Crippen molar-refractivity contribution in [1.29, 1.82) is 0 Å². The molecular weight excluding hydrogens is 293 g/mol. The summed E-state index contributed by atoms with van der Waals surface area (Å²) in [7, 11) is 1.94. The fraction of sp³-hybridized carbons (Fsp3) is 0.611. The zero-order valence-corrected chi connectivity index (χ0v) is 13.8. The van der Waals surface area contributed by atoms with Gasteiger partial charge in [-0.3, -0.25) is 9.69 Å². The molecule has 1 aromatic carbocycles. The van der Waals surface area contributed by atoms with Crippen molar-refractivity contribution in [2.24, 2.45) is 0 Å². The van der Waals surface area contributed by atoms with Crippen LogP contribution in [0.5, 0.6) is 0 Å². The molecule has 126 valence electrons. The Kier molecular flexibility index (Phi) is 5.28. The van der Waals surface area contributed by atoms with E-state index in [1.807, 2.05) is 24.1 Å². The smallest absolute Gasteiger partial charge is 0.239 e. The number of carbonyl (C=O) groups is 1. The minimum Gasteiger partial charge on any atom is -0.340 e. The van der Waals surface area contributed by atoms with Gasteiger partial charge in [-0.25, -0.2) is 4.39 Å². The van der Waals surface area contributed by atoms with Crippen LogP contribution in [0, 0.1) is 5.82 Å². The van der Waals surface area contributed by atoms with E-state index in [0.717, 1.165) is 50.9 Å². The highest BCUT2D eigenvalue weighted by Gasteiger charge is 2.33. The lowest BCUT2D eigenvalue weighted by molar-refractivity contribution is -0.139. The summed E-state index contributed by atoms with van der Waals surface area (Å²) in [6, 6.07) is 6.89. The maximum Gasteiger partial charge on any atom is 0.239 e. The zero-order valence-electron chi connectivity index (χ0n) is 13.8. The highest BCUT2D eigenvalue weighted by atomic mass is 19.1. The zero-order chi connectivity index (χ0) is 16.2. The number of carbonyl (C=O) groups excluding carboxylic acids is 1. The van der Waals surface area contributed by atoms with Crippen LogP contribution in [-0.4, -0.2) is 54.5 Å². The van der Waals surface area contributed by atoms with E-state index in [4.69, 9.17) is 0 Å². The van der Waals surface area contributed by atoms with Crippen LogP contribution in [0.2, 0.25) is 0 Å². The van der Waals surface area contributed by atoms with E-state index in [1.165, 1.54) is 12.1 Å². The molecule has 5 heteroatoms. The summed E-state index contributed by atoms with van der Waals surface area (Å²) < 4.78 is 13.1. The van der Waals surface area contributed by atoms with E-state index in [2.05, 4.69) is 10.2 Å². The number of hydrogen-bond acceptors (Lipinski definition) is 3. The number of hydrogen-bond donors (Lipinski definition) is 1. The Morgan fingerprint density at radius 2 is 2.09 bits per heavy atom. The molecule has 2 aliphatic rings. The van der Waals surface area contributed by atoms with Gasteiger partial charge in [-0.2, -0.15) is 0 Å². The third-order valence-electron chi connectivity index (χ3n) is 5.13. The molecular formula is C18H26FN3O. The molecule has 0 radical (unpaired) electrons. The lowest BCUT2D eigenvalue weighted by Crippen LogP contribution is -2.52. The molecule has 1 N–H and O–H groups in total. The van der Waals surface area contributed by atoms with Gasteiger partial charge in [0.25, 0.3) is 0 Å². The Bertz CT molecular complexity index is 528.